The molecule has 2 aromatic rings. The molecule has 4 heteroatoms. The predicted octanol–water partition coefficient (Wildman–Crippen LogP) is 1.74. The van der Waals surface area contributed by atoms with Gasteiger partial charge < -0.3 is 10.7 Å². The maximum absolute atomic E-state index is 5.11. The molecule has 0 saturated heterocycles. The summed E-state index contributed by atoms with van der Waals surface area (Å²) >= 11 is 1.71. The van der Waals surface area contributed by atoms with Gasteiger partial charge >= 0.3 is 0 Å². The van der Waals surface area contributed by atoms with Gasteiger partial charge in [-0.2, -0.15) is 11.3 Å². The van der Waals surface area contributed by atoms with Crippen LogP contribution in [0.25, 0.3) is 0 Å². The molecule has 11 heavy (non-hydrogen) atoms. The lowest BCUT2D eigenvalue weighted by Crippen LogP contribution is -1.83. The molecule has 0 atom stereocenters. The Kier molecular flexibility index (Phi) is 3.21. The molecule has 2 rings (SSSR count). The summed E-state index contributed by atoms with van der Waals surface area (Å²) in [7, 11) is 0. The van der Waals surface area contributed by atoms with E-state index in [9.17, 15) is 0 Å². The van der Waals surface area contributed by atoms with Gasteiger partial charge in [-0.1, -0.05) is 12.1 Å². The molecule has 0 aliphatic heterocycles. The first kappa shape index (κ1) is 7.81. The number of nitrogens with two attached hydrogens (primary N) is 1. The topological polar surface area (TPSA) is 54.7 Å². The normalized spacial score (nSPS) is 8.36. The number of nitrogens with one attached hydrogen (secondary N) is 1. The molecule has 0 aliphatic carbocycles. The number of imidazole rings is 1. The average Bonchev–Trinajstić information content (AvgIpc) is 2.57. The minimum absolute atomic E-state index is 0.468. The van der Waals surface area contributed by atoms with E-state index >= 15 is 0 Å². The van der Waals surface area contributed by atoms with Crippen molar-refractivity contribution in [2.24, 2.45) is 0 Å². The second-order valence-electron chi connectivity index (χ2n) is 1.77. The number of anilines is 1. The molecule has 0 saturated carbocycles. The van der Waals surface area contributed by atoms with Crippen molar-refractivity contribution in [2.75, 3.05) is 5.73 Å². The standard InChI is InChI=1S/C4H4S.C3H5N3/c1-2-4-5-3-1;4-3-5-1-2-6-3/h1-4H;1-2H,(H3,4,5,6). The average molecular weight is 167 g/mol. The molecule has 0 aliphatic rings. The molecule has 3 nitrogen and oxygen atoms in total. The molecule has 0 amide bonds. The third kappa shape index (κ3) is 3.42. The van der Waals surface area contributed by atoms with Crippen LogP contribution in [0.2, 0.25) is 0 Å². The molecule has 0 spiro atoms. The van der Waals surface area contributed by atoms with Gasteiger partial charge in [0, 0.05) is 12.4 Å². The van der Waals surface area contributed by atoms with Crippen molar-refractivity contribution in [1.29, 1.82) is 0 Å². The minimum Gasteiger partial charge on any atom is -0.369 e. The van der Waals surface area contributed by atoms with Crippen LogP contribution in [-0.2, 0) is 0 Å². The lowest BCUT2D eigenvalue weighted by molar-refractivity contribution is 1.33. The molecular formula is C7H9N3S. The Morgan fingerprint density at radius 3 is 2.27 bits per heavy atom. The summed E-state index contributed by atoms with van der Waals surface area (Å²) < 4.78 is 0. The van der Waals surface area contributed by atoms with Gasteiger partial charge in [-0.15, -0.1) is 0 Å². The van der Waals surface area contributed by atoms with Crippen molar-refractivity contribution in [3.8, 4) is 0 Å². The molecule has 0 radical (unpaired) electrons. The fraction of sp³-hybridized carbons (Fsp3) is 0. The molecule has 0 aromatic carbocycles. The zero-order valence-corrected chi connectivity index (χ0v) is 6.71. The van der Waals surface area contributed by atoms with Gasteiger partial charge in [0.15, 0.2) is 5.95 Å². The van der Waals surface area contributed by atoms with Crippen LogP contribution < -0.4 is 5.73 Å². The Morgan fingerprint density at radius 1 is 1.36 bits per heavy atom. The first-order valence-corrected chi connectivity index (χ1v) is 4.06. The Morgan fingerprint density at radius 2 is 2.09 bits per heavy atom. The predicted molar refractivity (Wildman–Crippen MR) is 47.3 cm³/mol. The molecule has 58 valence electrons. The quantitative estimate of drug-likeness (QED) is 0.628. The van der Waals surface area contributed by atoms with Crippen molar-refractivity contribution in [3.05, 3.63) is 35.3 Å². The highest BCUT2D eigenvalue weighted by Gasteiger charge is 1.74. The SMILES string of the molecule is Nc1ncc[nH]1.c1ccsc1. The smallest absolute Gasteiger partial charge is 0.197 e. The summed E-state index contributed by atoms with van der Waals surface area (Å²) in [5.74, 6) is 0.468. The molecular weight excluding hydrogens is 158 g/mol. The van der Waals surface area contributed by atoms with Gasteiger partial charge in [0.1, 0.15) is 0 Å². The van der Waals surface area contributed by atoms with Crippen molar-refractivity contribution in [3.63, 3.8) is 0 Å². The summed E-state index contributed by atoms with van der Waals surface area (Å²) in [5.41, 5.74) is 5.11. The summed E-state index contributed by atoms with van der Waals surface area (Å²) in [4.78, 5) is 6.31. The van der Waals surface area contributed by atoms with Crippen molar-refractivity contribution in [1.82, 2.24) is 9.97 Å². The highest BCUT2D eigenvalue weighted by molar-refractivity contribution is 7.07. The second kappa shape index (κ2) is 4.51. The number of aromatic nitrogens is 2. The van der Waals surface area contributed by atoms with E-state index in [0.717, 1.165) is 0 Å². The first-order chi connectivity index (χ1) is 5.39. The third-order valence-corrected chi connectivity index (χ3v) is 1.57. The van der Waals surface area contributed by atoms with Crippen LogP contribution in [0.5, 0.6) is 0 Å². The van der Waals surface area contributed by atoms with Crippen LogP contribution in [0.4, 0.5) is 5.95 Å². The van der Waals surface area contributed by atoms with E-state index in [-0.39, 0.29) is 0 Å². The molecule has 0 fully saturated rings. The van der Waals surface area contributed by atoms with Crippen molar-refractivity contribution in [2.45, 2.75) is 0 Å². The summed E-state index contributed by atoms with van der Waals surface area (Å²) in [6, 6.07) is 4.04. The number of H-pyrrole nitrogens is 1. The second-order valence-corrected chi connectivity index (χ2v) is 2.58. The molecule has 2 heterocycles. The van der Waals surface area contributed by atoms with E-state index < -0.39 is 0 Å². The number of aromatic amines is 1. The zero-order valence-electron chi connectivity index (χ0n) is 5.90. The van der Waals surface area contributed by atoms with Crippen molar-refractivity contribution < 1.29 is 0 Å². The Balaban J connectivity index is 0.000000112. The highest BCUT2D eigenvalue weighted by Crippen LogP contribution is 1.91. The number of nitrogen functional groups attached to an aromatic ring is 1. The van der Waals surface area contributed by atoms with Crippen LogP contribution in [0.3, 0.4) is 0 Å². The van der Waals surface area contributed by atoms with E-state index in [1.807, 2.05) is 22.9 Å². The number of nitrogens with zero attached hydrogens (tertiary/aromatic N) is 1. The fourth-order valence-electron chi connectivity index (χ4n) is 0.504. The van der Waals surface area contributed by atoms with Crippen LogP contribution in [-0.4, -0.2) is 9.97 Å². The fourth-order valence-corrected chi connectivity index (χ4v) is 0.958. The van der Waals surface area contributed by atoms with Gasteiger partial charge in [0.05, 0.1) is 0 Å². The van der Waals surface area contributed by atoms with E-state index in [4.69, 9.17) is 5.73 Å². The van der Waals surface area contributed by atoms with Gasteiger partial charge in [-0.25, -0.2) is 4.98 Å². The van der Waals surface area contributed by atoms with Crippen LogP contribution in [0, 0.1) is 0 Å². The highest BCUT2D eigenvalue weighted by atomic mass is 32.1. The molecule has 2 aromatic heterocycles. The molecule has 0 unspecified atom stereocenters. The van der Waals surface area contributed by atoms with Crippen LogP contribution in [0.15, 0.2) is 35.3 Å². The Bertz CT molecular complexity index is 232. The summed E-state index contributed by atoms with van der Waals surface area (Å²) in [5, 5.41) is 4.08. The first-order valence-electron chi connectivity index (χ1n) is 3.11. The molecule has 3 N–H and O–H groups in total. The maximum Gasteiger partial charge on any atom is 0.197 e. The molecule has 0 bridgehead atoms. The van der Waals surface area contributed by atoms with Gasteiger partial charge in [-0.3, -0.25) is 0 Å². The largest absolute Gasteiger partial charge is 0.369 e. The lowest BCUT2D eigenvalue weighted by atomic mass is 10.7. The van der Waals surface area contributed by atoms with Gasteiger partial charge in [0.2, 0.25) is 0 Å². The lowest BCUT2D eigenvalue weighted by Gasteiger charge is -1.70. The van der Waals surface area contributed by atoms with E-state index in [0.29, 0.717) is 5.95 Å². The number of thiophene rings is 1. The Labute approximate surface area is 68.9 Å². The van der Waals surface area contributed by atoms with Gasteiger partial charge in [-0.05, 0) is 10.8 Å². The van der Waals surface area contributed by atoms with E-state index in [1.165, 1.54) is 0 Å². The monoisotopic (exact) mass is 167 g/mol. The number of rotatable bonds is 0. The Hall–Kier alpha value is -1.29. The third-order valence-electron chi connectivity index (χ3n) is 0.945. The van der Waals surface area contributed by atoms with Crippen LogP contribution in [0.1, 0.15) is 0 Å². The van der Waals surface area contributed by atoms with Gasteiger partial charge in [0.25, 0.3) is 0 Å². The maximum atomic E-state index is 5.11. The zero-order chi connectivity index (χ0) is 7.94. The summed E-state index contributed by atoms with van der Waals surface area (Å²) in [6.45, 7) is 0. The van der Waals surface area contributed by atoms with Crippen molar-refractivity contribution >= 4 is 17.3 Å². The van der Waals surface area contributed by atoms with Crippen LogP contribution >= 0.6 is 11.3 Å². The minimum atomic E-state index is 0.468. The number of hydrogen-bond donors (Lipinski definition) is 2. The van der Waals surface area contributed by atoms with E-state index in [1.54, 1.807) is 23.7 Å². The number of hydrogen-bond acceptors (Lipinski definition) is 3. The van der Waals surface area contributed by atoms with E-state index in [2.05, 4.69) is 9.97 Å². The summed E-state index contributed by atoms with van der Waals surface area (Å²) in [6.07, 6.45) is 3.28.